The van der Waals surface area contributed by atoms with Gasteiger partial charge in [0.1, 0.15) is 0 Å². The van der Waals surface area contributed by atoms with Crippen molar-refractivity contribution >= 4 is 5.91 Å². The van der Waals surface area contributed by atoms with Gasteiger partial charge in [-0.2, -0.15) is 0 Å². The first-order chi connectivity index (χ1) is 14.3. The molecule has 1 fully saturated rings. The number of hydrogen-bond donors (Lipinski definition) is 1. The molecular weight excluding hydrogens is 356 g/mol. The van der Waals surface area contributed by atoms with E-state index in [0.29, 0.717) is 0 Å². The highest BCUT2D eigenvalue weighted by atomic mass is 16.2. The van der Waals surface area contributed by atoms with E-state index in [2.05, 4.69) is 42.5 Å². The summed E-state index contributed by atoms with van der Waals surface area (Å²) in [5.41, 5.74) is 4.53. The molecule has 3 aromatic rings. The van der Waals surface area contributed by atoms with Crippen LogP contribution in [0.25, 0.3) is 11.1 Å². The lowest BCUT2D eigenvalue weighted by molar-refractivity contribution is -0.904. The van der Waals surface area contributed by atoms with Crippen molar-refractivity contribution in [2.75, 3.05) is 32.7 Å². The molecule has 3 heteroatoms. The van der Waals surface area contributed by atoms with Crippen molar-refractivity contribution in [3.05, 3.63) is 96.1 Å². The van der Waals surface area contributed by atoms with Crippen LogP contribution >= 0.6 is 0 Å². The maximum absolute atomic E-state index is 12.9. The third-order valence-electron chi connectivity index (χ3n) is 5.84. The molecule has 29 heavy (non-hydrogen) atoms. The summed E-state index contributed by atoms with van der Waals surface area (Å²) < 4.78 is 0. The van der Waals surface area contributed by atoms with E-state index < -0.39 is 0 Å². The minimum atomic E-state index is 0.160. The largest absolute Gasteiger partial charge is 0.332 e. The highest BCUT2D eigenvalue weighted by Crippen LogP contribution is 2.19. The van der Waals surface area contributed by atoms with Gasteiger partial charge in [-0.15, -0.1) is 0 Å². The molecule has 0 atom stereocenters. The van der Waals surface area contributed by atoms with Gasteiger partial charge in [0.15, 0.2) is 0 Å². The van der Waals surface area contributed by atoms with Crippen LogP contribution in [0.3, 0.4) is 0 Å². The molecule has 1 aliphatic rings. The second-order valence-corrected chi connectivity index (χ2v) is 7.82. The lowest BCUT2D eigenvalue weighted by Crippen LogP contribution is -3.14. The van der Waals surface area contributed by atoms with Crippen molar-refractivity contribution in [3.8, 4) is 11.1 Å². The SMILES string of the molecule is O=C(c1ccc(-c2ccccc2)cc1)N1CC[NH+](CCCc2ccccc2)CC1. The highest BCUT2D eigenvalue weighted by molar-refractivity contribution is 5.94. The molecule has 4 rings (SSSR count). The van der Waals surface area contributed by atoms with E-state index in [4.69, 9.17) is 0 Å². The standard InChI is InChI=1S/C26H28N2O/c29-26(25-15-13-24(14-16-25)23-11-5-2-6-12-23)28-20-18-27(19-21-28)17-7-10-22-8-3-1-4-9-22/h1-6,8-9,11-16H,7,10,17-21H2/p+1. The van der Waals surface area contributed by atoms with Gasteiger partial charge in [-0.05, 0) is 35.2 Å². The first-order valence-electron chi connectivity index (χ1n) is 10.6. The van der Waals surface area contributed by atoms with Gasteiger partial charge < -0.3 is 9.80 Å². The molecule has 3 nitrogen and oxygen atoms in total. The topological polar surface area (TPSA) is 24.8 Å². The molecule has 0 aliphatic carbocycles. The van der Waals surface area contributed by atoms with Crippen molar-refractivity contribution < 1.29 is 9.69 Å². The number of carbonyl (C=O) groups is 1. The van der Waals surface area contributed by atoms with Crippen LogP contribution in [0.4, 0.5) is 0 Å². The number of quaternary nitrogens is 1. The predicted molar refractivity (Wildman–Crippen MR) is 118 cm³/mol. The van der Waals surface area contributed by atoms with Gasteiger partial charge in [0.2, 0.25) is 0 Å². The zero-order valence-electron chi connectivity index (χ0n) is 16.9. The molecule has 1 heterocycles. The Balaban J connectivity index is 1.25. The maximum Gasteiger partial charge on any atom is 0.254 e. The van der Waals surface area contributed by atoms with E-state index in [1.54, 1.807) is 4.90 Å². The van der Waals surface area contributed by atoms with Crippen LogP contribution in [-0.2, 0) is 6.42 Å². The van der Waals surface area contributed by atoms with Crippen LogP contribution in [0.2, 0.25) is 0 Å². The van der Waals surface area contributed by atoms with Gasteiger partial charge in [0, 0.05) is 12.0 Å². The van der Waals surface area contributed by atoms with Crippen molar-refractivity contribution in [2.24, 2.45) is 0 Å². The average Bonchev–Trinajstić information content (AvgIpc) is 2.80. The summed E-state index contributed by atoms with van der Waals surface area (Å²) in [5.74, 6) is 0.160. The zero-order valence-corrected chi connectivity index (χ0v) is 16.9. The summed E-state index contributed by atoms with van der Waals surface area (Å²) in [5, 5.41) is 0. The number of benzene rings is 3. The molecular formula is C26H29N2O+. The number of nitrogens with one attached hydrogen (secondary N) is 1. The van der Waals surface area contributed by atoms with Gasteiger partial charge in [-0.25, -0.2) is 0 Å². The molecule has 148 valence electrons. The van der Waals surface area contributed by atoms with E-state index in [0.717, 1.165) is 43.7 Å². The van der Waals surface area contributed by atoms with Crippen LogP contribution in [0, 0.1) is 0 Å². The number of carbonyl (C=O) groups excluding carboxylic acids is 1. The summed E-state index contributed by atoms with van der Waals surface area (Å²) in [6.07, 6.45) is 2.34. The summed E-state index contributed by atoms with van der Waals surface area (Å²) in [7, 11) is 0. The average molecular weight is 386 g/mol. The van der Waals surface area contributed by atoms with E-state index in [1.807, 2.05) is 47.4 Å². The second-order valence-electron chi connectivity index (χ2n) is 7.82. The van der Waals surface area contributed by atoms with Gasteiger partial charge in [0.25, 0.3) is 5.91 Å². The van der Waals surface area contributed by atoms with Gasteiger partial charge >= 0.3 is 0 Å². The number of piperazine rings is 1. The summed E-state index contributed by atoms with van der Waals surface area (Å²) >= 11 is 0. The Kier molecular flexibility index (Phi) is 6.38. The molecule has 1 amide bonds. The number of amides is 1. The minimum absolute atomic E-state index is 0.160. The third-order valence-corrected chi connectivity index (χ3v) is 5.84. The highest BCUT2D eigenvalue weighted by Gasteiger charge is 2.24. The fourth-order valence-electron chi connectivity index (χ4n) is 4.08. The van der Waals surface area contributed by atoms with Crippen molar-refractivity contribution in [1.29, 1.82) is 0 Å². The van der Waals surface area contributed by atoms with Crippen LogP contribution < -0.4 is 4.90 Å². The van der Waals surface area contributed by atoms with Crippen LogP contribution in [0.1, 0.15) is 22.3 Å². The number of hydrogen-bond acceptors (Lipinski definition) is 1. The Labute approximate surface area is 173 Å². The molecule has 1 N–H and O–H groups in total. The number of aryl methyl sites for hydroxylation is 1. The molecule has 0 radical (unpaired) electrons. The van der Waals surface area contributed by atoms with E-state index in [9.17, 15) is 4.79 Å². The van der Waals surface area contributed by atoms with E-state index in [1.165, 1.54) is 24.1 Å². The Morgan fingerprint density at radius 2 is 1.34 bits per heavy atom. The fourth-order valence-corrected chi connectivity index (χ4v) is 4.08. The first-order valence-corrected chi connectivity index (χ1v) is 10.6. The van der Waals surface area contributed by atoms with Crippen molar-refractivity contribution in [2.45, 2.75) is 12.8 Å². The van der Waals surface area contributed by atoms with Crippen LogP contribution in [0.15, 0.2) is 84.9 Å². The van der Waals surface area contributed by atoms with Crippen molar-refractivity contribution in [1.82, 2.24) is 4.90 Å². The van der Waals surface area contributed by atoms with Gasteiger partial charge in [-0.1, -0.05) is 72.8 Å². The predicted octanol–water partition coefficient (Wildman–Crippen LogP) is 3.33. The number of nitrogens with zero attached hydrogens (tertiary/aromatic N) is 1. The summed E-state index contributed by atoms with van der Waals surface area (Å²) in [6, 6.07) is 29.0. The Bertz CT molecular complexity index is 898. The molecule has 0 unspecified atom stereocenters. The normalized spacial score (nSPS) is 14.7. The van der Waals surface area contributed by atoms with E-state index >= 15 is 0 Å². The smallest absolute Gasteiger partial charge is 0.254 e. The Morgan fingerprint density at radius 1 is 0.759 bits per heavy atom. The van der Waals surface area contributed by atoms with E-state index in [-0.39, 0.29) is 5.91 Å². The van der Waals surface area contributed by atoms with Crippen LogP contribution in [0.5, 0.6) is 0 Å². The third kappa shape index (κ3) is 5.12. The Hall–Kier alpha value is -2.91. The molecule has 0 spiro atoms. The first kappa shape index (κ1) is 19.4. The molecule has 0 saturated carbocycles. The monoisotopic (exact) mass is 385 g/mol. The number of rotatable bonds is 6. The fraction of sp³-hybridized carbons (Fsp3) is 0.269. The molecule has 0 aromatic heterocycles. The quantitative estimate of drug-likeness (QED) is 0.692. The van der Waals surface area contributed by atoms with Gasteiger partial charge in [-0.3, -0.25) is 4.79 Å². The second kappa shape index (κ2) is 9.53. The zero-order chi connectivity index (χ0) is 19.9. The molecule has 1 saturated heterocycles. The molecule has 1 aliphatic heterocycles. The van der Waals surface area contributed by atoms with Crippen LogP contribution in [-0.4, -0.2) is 43.5 Å². The summed E-state index contributed by atoms with van der Waals surface area (Å²) in [4.78, 5) is 16.5. The lowest BCUT2D eigenvalue weighted by Gasteiger charge is -2.32. The van der Waals surface area contributed by atoms with Crippen molar-refractivity contribution in [3.63, 3.8) is 0 Å². The molecule has 3 aromatic carbocycles. The maximum atomic E-state index is 12.9. The van der Waals surface area contributed by atoms with Gasteiger partial charge in [0.05, 0.1) is 32.7 Å². The molecule has 0 bridgehead atoms. The summed E-state index contributed by atoms with van der Waals surface area (Å²) in [6.45, 7) is 4.97. The minimum Gasteiger partial charge on any atom is -0.332 e. The lowest BCUT2D eigenvalue weighted by atomic mass is 10.0. The Morgan fingerprint density at radius 3 is 2.00 bits per heavy atom.